The van der Waals surface area contributed by atoms with Crippen LogP contribution in [0.1, 0.15) is 12.0 Å². The summed E-state index contributed by atoms with van der Waals surface area (Å²) in [7, 11) is 0. The van der Waals surface area contributed by atoms with Crippen LogP contribution in [0.15, 0.2) is 68.8 Å². The molecule has 154 valence electrons. The average Bonchev–Trinajstić information content (AvgIpc) is 2.77. The first-order valence-electron chi connectivity index (χ1n) is 9.78. The molecule has 0 spiro atoms. The standard InChI is InChI=1S/C22H21N3O5/c26-22-21(25(27)28)20(17-8-4-5-9-18(17)30-22)23-19(24-12-14-29-15-13-24)11-10-16-6-2-1-3-7-16/h1-9H,10-15H2. The van der Waals surface area contributed by atoms with Gasteiger partial charge >= 0.3 is 11.3 Å². The number of morpholine rings is 1. The minimum absolute atomic E-state index is 0.0430. The van der Waals surface area contributed by atoms with Crippen molar-refractivity contribution in [2.45, 2.75) is 12.8 Å². The number of para-hydroxylation sites is 1. The zero-order valence-electron chi connectivity index (χ0n) is 16.3. The summed E-state index contributed by atoms with van der Waals surface area (Å²) in [6.45, 7) is 2.40. The third-order valence-corrected chi connectivity index (χ3v) is 5.04. The van der Waals surface area contributed by atoms with E-state index in [1.54, 1.807) is 24.3 Å². The molecule has 8 heteroatoms. The molecular formula is C22H21N3O5. The zero-order valence-corrected chi connectivity index (χ0v) is 16.3. The zero-order chi connectivity index (χ0) is 20.9. The number of rotatable bonds is 5. The van der Waals surface area contributed by atoms with Gasteiger partial charge in [0, 0.05) is 19.5 Å². The number of amidine groups is 1. The van der Waals surface area contributed by atoms with E-state index in [-0.39, 0.29) is 11.3 Å². The molecule has 0 aliphatic carbocycles. The molecule has 1 aliphatic rings. The highest BCUT2D eigenvalue weighted by Crippen LogP contribution is 2.33. The Morgan fingerprint density at radius 3 is 2.50 bits per heavy atom. The van der Waals surface area contributed by atoms with Crippen LogP contribution in [0.25, 0.3) is 11.0 Å². The summed E-state index contributed by atoms with van der Waals surface area (Å²) < 4.78 is 10.6. The quantitative estimate of drug-likeness (QED) is 0.210. The Hall–Kier alpha value is -3.52. The van der Waals surface area contributed by atoms with Gasteiger partial charge < -0.3 is 14.1 Å². The Kier molecular flexibility index (Phi) is 5.85. The monoisotopic (exact) mass is 407 g/mol. The molecule has 1 fully saturated rings. The number of nitro groups is 1. The number of aliphatic imine (C=N–C) groups is 1. The van der Waals surface area contributed by atoms with Crippen LogP contribution in [0.4, 0.5) is 11.4 Å². The summed E-state index contributed by atoms with van der Waals surface area (Å²) in [5.74, 6) is 0.695. The number of aryl methyl sites for hydroxylation is 1. The van der Waals surface area contributed by atoms with Gasteiger partial charge in [-0.1, -0.05) is 42.5 Å². The van der Waals surface area contributed by atoms with E-state index >= 15 is 0 Å². The number of ether oxygens (including phenoxy) is 1. The summed E-state index contributed by atoms with van der Waals surface area (Å²) >= 11 is 0. The van der Waals surface area contributed by atoms with Gasteiger partial charge in [-0.25, -0.2) is 9.79 Å². The molecular weight excluding hydrogens is 386 g/mol. The lowest BCUT2D eigenvalue weighted by atomic mass is 10.1. The van der Waals surface area contributed by atoms with Gasteiger partial charge in [0.25, 0.3) is 0 Å². The van der Waals surface area contributed by atoms with E-state index in [0.717, 1.165) is 12.0 Å². The van der Waals surface area contributed by atoms with Crippen molar-refractivity contribution in [3.05, 3.63) is 80.7 Å². The van der Waals surface area contributed by atoms with E-state index in [0.29, 0.717) is 43.9 Å². The van der Waals surface area contributed by atoms with E-state index in [1.807, 2.05) is 30.3 Å². The minimum atomic E-state index is -0.998. The van der Waals surface area contributed by atoms with Gasteiger partial charge in [0.15, 0.2) is 5.69 Å². The van der Waals surface area contributed by atoms with E-state index in [2.05, 4.69) is 4.90 Å². The van der Waals surface area contributed by atoms with E-state index in [4.69, 9.17) is 14.1 Å². The van der Waals surface area contributed by atoms with Crippen LogP contribution < -0.4 is 5.63 Å². The van der Waals surface area contributed by atoms with Gasteiger partial charge in [-0.2, -0.15) is 0 Å². The van der Waals surface area contributed by atoms with Crippen molar-refractivity contribution >= 4 is 28.2 Å². The third-order valence-electron chi connectivity index (χ3n) is 5.04. The fraction of sp³-hybridized carbons (Fsp3) is 0.273. The summed E-state index contributed by atoms with van der Waals surface area (Å²) in [5, 5.41) is 12.1. The molecule has 2 aromatic carbocycles. The van der Waals surface area contributed by atoms with Crippen molar-refractivity contribution < 1.29 is 14.1 Å². The molecule has 2 heterocycles. The second kappa shape index (κ2) is 8.87. The van der Waals surface area contributed by atoms with Gasteiger partial charge in [-0.3, -0.25) is 10.1 Å². The van der Waals surface area contributed by atoms with Crippen molar-refractivity contribution in [2.75, 3.05) is 26.3 Å². The van der Waals surface area contributed by atoms with E-state index in [1.165, 1.54) is 0 Å². The molecule has 0 radical (unpaired) electrons. The average molecular weight is 407 g/mol. The summed E-state index contributed by atoms with van der Waals surface area (Å²) in [6, 6.07) is 16.7. The van der Waals surface area contributed by atoms with Crippen molar-refractivity contribution in [2.24, 2.45) is 4.99 Å². The van der Waals surface area contributed by atoms with Crippen molar-refractivity contribution in [3.8, 4) is 0 Å². The second-order valence-corrected chi connectivity index (χ2v) is 6.95. The Morgan fingerprint density at radius 2 is 1.77 bits per heavy atom. The van der Waals surface area contributed by atoms with Crippen LogP contribution in [0.5, 0.6) is 0 Å². The summed E-state index contributed by atoms with van der Waals surface area (Å²) in [6.07, 6.45) is 1.31. The molecule has 3 aromatic rings. The van der Waals surface area contributed by atoms with Gasteiger partial charge in [0.05, 0.1) is 23.5 Å². The van der Waals surface area contributed by atoms with Gasteiger partial charge in [0.1, 0.15) is 11.4 Å². The first-order valence-corrected chi connectivity index (χ1v) is 9.78. The van der Waals surface area contributed by atoms with Crippen molar-refractivity contribution in [3.63, 3.8) is 0 Å². The topological polar surface area (TPSA) is 98.2 Å². The lowest BCUT2D eigenvalue weighted by molar-refractivity contribution is -0.386. The molecule has 1 aliphatic heterocycles. The predicted octanol–water partition coefficient (Wildman–Crippen LogP) is 3.70. The van der Waals surface area contributed by atoms with Gasteiger partial charge in [-0.05, 0) is 24.1 Å². The Morgan fingerprint density at radius 1 is 1.07 bits per heavy atom. The predicted molar refractivity (Wildman–Crippen MR) is 113 cm³/mol. The molecule has 1 aromatic heterocycles. The first-order chi connectivity index (χ1) is 14.6. The number of nitrogens with zero attached hydrogens (tertiary/aromatic N) is 3. The van der Waals surface area contributed by atoms with Crippen LogP contribution in [0.2, 0.25) is 0 Å². The number of benzene rings is 2. The fourth-order valence-electron chi connectivity index (χ4n) is 3.53. The number of fused-ring (bicyclic) bond motifs is 1. The summed E-state index contributed by atoms with van der Waals surface area (Å²) in [5.41, 5.74) is -0.177. The molecule has 0 bridgehead atoms. The highest BCUT2D eigenvalue weighted by molar-refractivity contribution is 5.97. The highest BCUT2D eigenvalue weighted by Gasteiger charge is 2.26. The molecule has 1 saturated heterocycles. The Balaban J connectivity index is 1.82. The van der Waals surface area contributed by atoms with Gasteiger partial charge in [-0.15, -0.1) is 0 Å². The maximum atomic E-state index is 12.3. The maximum absolute atomic E-state index is 12.3. The molecule has 0 N–H and O–H groups in total. The number of hydrogen-bond donors (Lipinski definition) is 0. The molecule has 8 nitrogen and oxygen atoms in total. The second-order valence-electron chi connectivity index (χ2n) is 6.95. The van der Waals surface area contributed by atoms with Crippen LogP contribution >= 0.6 is 0 Å². The lowest BCUT2D eigenvalue weighted by Crippen LogP contribution is -2.40. The normalized spacial score (nSPS) is 14.8. The minimum Gasteiger partial charge on any atom is -0.418 e. The molecule has 30 heavy (non-hydrogen) atoms. The van der Waals surface area contributed by atoms with Crippen LogP contribution in [-0.2, 0) is 11.2 Å². The molecule has 0 amide bonds. The molecule has 0 saturated carbocycles. The molecule has 0 unspecified atom stereocenters. The fourth-order valence-corrected chi connectivity index (χ4v) is 3.53. The molecule has 0 atom stereocenters. The van der Waals surface area contributed by atoms with Crippen LogP contribution in [-0.4, -0.2) is 42.0 Å². The first kappa shape index (κ1) is 19.8. The smallest absolute Gasteiger partial charge is 0.417 e. The van der Waals surface area contributed by atoms with Gasteiger partial charge in [0.2, 0.25) is 0 Å². The van der Waals surface area contributed by atoms with Crippen molar-refractivity contribution in [1.29, 1.82) is 0 Å². The van der Waals surface area contributed by atoms with Crippen LogP contribution in [0, 0.1) is 10.1 Å². The SMILES string of the molecule is O=c1oc2ccccc2c(N=C(CCc2ccccc2)N2CCOCC2)c1[N+](=O)[O-]. The van der Waals surface area contributed by atoms with E-state index < -0.39 is 16.2 Å². The Labute approximate surface area is 172 Å². The van der Waals surface area contributed by atoms with Crippen molar-refractivity contribution in [1.82, 2.24) is 4.90 Å². The molecule has 4 rings (SSSR count). The number of hydrogen-bond acceptors (Lipinski definition) is 6. The Bertz CT molecular complexity index is 1130. The lowest BCUT2D eigenvalue weighted by Gasteiger charge is -2.30. The third kappa shape index (κ3) is 4.23. The maximum Gasteiger partial charge on any atom is 0.417 e. The largest absolute Gasteiger partial charge is 0.418 e. The van der Waals surface area contributed by atoms with Crippen LogP contribution in [0.3, 0.4) is 0 Å². The summed E-state index contributed by atoms with van der Waals surface area (Å²) in [4.78, 5) is 30.0. The highest BCUT2D eigenvalue weighted by atomic mass is 16.6. The van der Waals surface area contributed by atoms with E-state index in [9.17, 15) is 14.9 Å².